The molecule has 4 aromatic rings. The van der Waals surface area contributed by atoms with E-state index in [2.05, 4.69) is 31.2 Å². The second kappa shape index (κ2) is 10.9. The van der Waals surface area contributed by atoms with Gasteiger partial charge in [-0.05, 0) is 84.2 Å². The highest BCUT2D eigenvalue weighted by Crippen LogP contribution is 2.47. The third-order valence-corrected chi connectivity index (χ3v) is 8.36. The van der Waals surface area contributed by atoms with Crippen LogP contribution in [0.15, 0.2) is 59.2 Å². The average molecular weight is 689 g/mol. The lowest BCUT2D eigenvalue weighted by molar-refractivity contribution is -0.265. The quantitative estimate of drug-likeness (QED) is 0.220. The molecule has 1 aliphatic carbocycles. The number of nitrogens with one attached hydrogen (secondary N) is 1. The first-order valence-electron chi connectivity index (χ1n) is 13.8. The van der Waals surface area contributed by atoms with Crippen LogP contribution in [0.2, 0.25) is 0 Å². The zero-order valence-corrected chi connectivity index (χ0v) is 25.1. The number of aliphatic hydroxyl groups is 1. The fourth-order valence-electron chi connectivity index (χ4n) is 5.02. The van der Waals surface area contributed by atoms with E-state index < -0.39 is 47.1 Å². The Labute approximate surface area is 261 Å². The van der Waals surface area contributed by atoms with Crippen LogP contribution in [0.5, 0.6) is 11.5 Å². The van der Waals surface area contributed by atoms with Crippen molar-refractivity contribution in [2.45, 2.75) is 43.1 Å². The van der Waals surface area contributed by atoms with Gasteiger partial charge in [0, 0.05) is 32.7 Å². The summed E-state index contributed by atoms with van der Waals surface area (Å²) in [6, 6.07) is 10.1. The maximum Gasteiger partial charge on any atom is 0.424 e. The lowest BCUT2D eigenvalue weighted by atomic mass is 9.81. The van der Waals surface area contributed by atoms with Crippen molar-refractivity contribution in [3.8, 4) is 22.8 Å². The summed E-state index contributed by atoms with van der Waals surface area (Å²) in [5, 5.41) is 14.0. The molecule has 6 rings (SSSR count). The van der Waals surface area contributed by atoms with E-state index >= 15 is 0 Å². The Kier molecular flexibility index (Phi) is 7.47. The molecule has 1 saturated carbocycles. The summed E-state index contributed by atoms with van der Waals surface area (Å²) < 4.78 is 70.1. The molecule has 1 unspecified atom stereocenters. The molecule has 0 radical (unpaired) electrons. The van der Waals surface area contributed by atoms with Gasteiger partial charge in [0.05, 0.1) is 18.3 Å². The molecule has 2 aromatic carbocycles. The van der Waals surface area contributed by atoms with E-state index in [1.165, 1.54) is 31.2 Å². The summed E-state index contributed by atoms with van der Waals surface area (Å²) >= 11 is 3.33. The fraction of sp³-hybridized carbons (Fsp3) is 0.290. The monoisotopic (exact) mass is 688 g/mol. The maximum absolute atomic E-state index is 14.8. The van der Waals surface area contributed by atoms with Gasteiger partial charge in [-0.2, -0.15) is 13.2 Å². The number of pyridine rings is 2. The standard InChI is InChI=1S/C31H25BrF4N4O5/c1-29(28(37)42)14-44-26-21(29)11-23(40-25(26)15-2-4-19(33)5-3-15)30(43,31(34,35)36)13-39-27(41)17-8-16-9-18(32)12-38-24(16)22(10-17)45-20-6-7-20/h2-5,8-12,20,43H,6-7,13-14H2,1H3,(H2,37,42)(H,39,41)/t29-,30?/m0/s1. The zero-order valence-electron chi connectivity index (χ0n) is 23.5. The van der Waals surface area contributed by atoms with Gasteiger partial charge in [-0.1, -0.05) is 0 Å². The number of ether oxygens (including phenoxy) is 2. The molecule has 14 heteroatoms. The summed E-state index contributed by atoms with van der Waals surface area (Å²) in [5.74, 6) is -2.14. The van der Waals surface area contributed by atoms with Crippen LogP contribution in [-0.2, 0) is 15.8 Å². The molecule has 2 atom stereocenters. The third-order valence-electron chi connectivity index (χ3n) is 7.93. The Bertz CT molecular complexity index is 1850. The van der Waals surface area contributed by atoms with Crippen LogP contribution >= 0.6 is 15.9 Å². The van der Waals surface area contributed by atoms with E-state index in [1.807, 2.05) is 0 Å². The molecule has 234 valence electrons. The van der Waals surface area contributed by atoms with Gasteiger partial charge in [-0.15, -0.1) is 0 Å². The van der Waals surface area contributed by atoms with E-state index in [1.54, 1.807) is 12.3 Å². The van der Waals surface area contributed by atoms with Crippen LogP contribution in [0, 0.1) is 5.82 Å². The number of benzene rings is 2. The second-order valence-electron chi connectivity index (χ2n) is 11.3. The Morgan fingerprint density at radius 1 is 1.18 bits per heavy atom. The van der Waals surface area contributed by atoms with E-state index in [4.69, 9.17) is 15.2 Å². The molecular formula is C31H25BrF4N4O5. The van der Waals surface area contributed by atoms with Crippen LogP contribution in [0.1, 0.15) is 41.4 Å². The van der Waals surface area contributed by atoms with Crippen molar-refractivity contribution >= 4 is 38.6 Å². The highest BCUT2D eigenvalue weighted by molar-refractivity contribution is 9.10. The van der Waals surface area contributed by atoms with Gasteiger partial charge in [-0.25, -0.2) is 9.37 Å². The first-order chi connectivity index (χ1) is 21.2. The summed E-state index contributed by atoms with van der Waals surface area (Å²) in [6.07, 6.45) is -2.21. The van der Waals surface area contributed by atoms with Crippen LogP contribution in [0.25, 0.3) is 22.2 Å². The predicted octanol–water partition coefficient (Wildman–Crippen LogP) is 5.05. The molecule has 4 N–H and O–H groups in total. The summed E-state index contributed by atoms with van der Waals surface area (Å²) in [4.78, 5) is 34.2. The molecule has 2 aliphatic rings. The van der Waals surface area contributed by atoms with Crippen molar-refractivity contribution in [1.82, 2.24) is 15.3 Å². The van der Waals surface area contributed by atoms with Crippen LogP contribution in [-0.4, -0.2) is 52.3 Å². The van der Waals surface area contributed by atoms with Gasteiger partial charge in [0.1, 0.15) is 40.5 Å². The zero-order chi connectivity index (χ0) is 32.3. The van der Waals surface area contributed by atoms with Crippen molar-refractivity contribution in [2.24, 2.45) is 5.73 Å². The third kappa shape index (κ3) is 5.56. The fourth-order valence-corrected chi connectivity index (χ4v) is 5.37. The average Bonchev–Trinajstić information content (AvgIpc) is 3.74. The highest BCUT2D eigenvalue weighted by Gasteiger charge is 2.57. The number of hydrogen-bond donors (Lipinski definition) is 3. The van der Waals surface area contributed by atoms with E-state index in [0.717, 1.165) is 31.0 Å². The van der Waals surface area contributed by atoms with Gasteiger partial charge in [0.2, 0.25) is 11.5 Å². The molecule has 2 aromatic heterocycles. The molecule has 0 saturated heterocycles. The molecule has 2 amide bonds. The van der Waals surface area contributed by atoms with Crippen LogP contribution < -0.4 is 20.5 Å². The number of amides is 2. The Morgan fingerprint density at radius 2 is 1.89 bits per heavy atom. The number of rotatable bonds is 8. The number of nitrogens with zero attached hydrogens (tertiary/aromatic N) is 2. The van der Waals surface area contributed by atoms with Crippen molar-refractivity contribution < 1.29 is 41.7 Å². The largest absolute Gasteiger partial charge is 0.489 e. The van der Waals surface area contributed by atoms with E-state index in [9.17, 15) is 32.3 Å². The lowest BCUT2D eigenvalue weighted by Gasteiger charge is -2.31. The molecular weight excluding hydrogens is 664 g/mol. The number of nitrogens with two attached hydrogens (primary N) is 1. The first-order valence-corrected chi connectivity index (χ1v) is 14.6. The Hall–Kier alpha value is -4.30. The second-order valence-corrected chi connectivity index (χ2v) is 12.2. The normalized spacial score (nSPS) is 19.0. The molecule has 3 heterocycles. The lowest BCUT2D eigenvalue weighted by Crippen LogP contribution is -2.51. The molecule has 0 spiro atoms. The summed E-state index contributed by atoms with van der Waals surface area (Å²) in [7, 11) is 0. The van der Waals surface area contributed by atoms with Gasteiger partial charge in [-0.3, -0.25) is 14.6 Å². The highest BCUT2D eigenvalue weighted by atomic mass is 79.9. The van der Waals surface area contributed by atoms with Gasteiger partial charge in [0.15, 0.2) is 0 Å². The number of aromatic nitrogens is 2. The summed E-state index contributed by atoms with van der Waals surface area (Å²) in [5.41, 5.74) is -0.204. The Morgan fingerprint density at radius 3 is 2.53 bits per heavy atom. The molecule has 0 bridgehead atoms. The minimum Gasteiger partial charge on any atom is -0.489 e. The minimum atomic E-state index is -5.36. The first kappa shape index (κ1) is 30.7. The van der Waals surface area contributed by atoms with Gasteiger partial charge >= 0.3 is 6.18 Å². The number of fused-ring (bicyclic) bond motifs is 2. The number of hydrogen-bond acceptors (Lipinski definition) is 7. The van der Waals surface area contributed by atoms with Crippen LogP contribution in [0.4, 0.5) is 17.6 Å². The molecule has 1 fully saturated rings. The van der Waals surface area contributed by atoms with Crippen molar-refractivity contribution in [3.05, 3.63) is 81.8 Å². The molecule has 9 nitrogen and oxygen atoms in total. The predicted molar refractivity (Wildman–Crippen MR) is 157 cm³/mol. The van der Waals surface area contributed by atoms with Crippen molar-refractivity contribution in [3.63, 3.8) is 0 Å². The number of primary amides is 1. The minimum absolute atomic E-state index is 0.0220. The van der Waals surface area contributed by atoms with E-state index in [0.29, 0.717) is 21.1 Å². The number of halogens is 5. The molecule has 1 aliphatic heterocycles. The van der Waals surface area contributed by atoms with Crippen LogP contribution in [0.3, 0.4) is 0 Å². The molecule has 45 heavy (non-hydrogen) atoms. The Balaban J connectivity index is 1.40. The smallest absolute Gasteiger partial charge is 0.424 e. The van der Waals surface area contributed by atoms with Gasteiger partial charge < -0.3 is 25.6 Å². The number of alkyl halides is 3. The number of carbonyl (C=O) groups is 2. The van der Waals surface area contributed by atoms with Crippen molar-refractivity contribution in [1.29, 1.82) is 0 Å². The SMILES string of the molecule is C[C@]1(C(N)=O)COc2c1cc(C(O)(CNC(=O)c1cc(OC3CC3)c3ncc(Br)cc3c1)C(F)(F)F)nc2-c1ccc(F)cc1. The summed E-state index contributed by atoms with van der Waals surface area (Å²) in [6.45, 7) is -0.246. The van der Waals surface area contributed by atoms with Gasteiger partial charge in [0.25, 0.3) is 5.91 Å². The number of carbonyl (C=O) groups excluding carboxylic acids is 2. The maximum atomic E-state index is 14.8. The van der Waals surface area contributed by atoms with Crippen molar-refractivity contribution in [2.75, 3.05) is 13.2 Å². The van der Waals surface area contributed by atoms with E-state index in [-0.39, 0.29) is 40.8 Å². The topological polar surface area (TPSA) is 137 Å².